The number of rotatable bonds is 4. The van der Waals surface area contributed by atoms with Crippen LogP contribution in [0.1, 0.15) is 19.0 Å². The molecule has 2 aliphatic heterocycles. The topological polar surface area (TPSA) is 56.8 Å². The average Bonchev–Trinajstić information content (AvgIpc) is 3.12. The molecule has 0 spiro atoms. The molecule has 1 aromatic heterocycles. The lowest BCUT2D eigenvalue weighted by Gasteiger charge is -2.37. The molecule has 26 heavy (non-hydrogen) atoms. The predicted molar refractivity (Wildman–Crippen MR) is 90.1 cm³/mol. The van der Waals surface area contributed by atoms with E-state index in [1.807, 2.05) is 0 Å². The van der Waals surface area contributed by atoms with Crippen LogP contribution in [-0.4, -0.2) is 79.4 Å². The molecule has 10 heteroatoms. The van der Waals surface area contributed by atoms with Gasteiger partial charge in [-0.15, -0.1) is 0 Å². The molecule has 0 amide bonds. The maximum atomic E-state index is 12.7. The monoisotopic (exact) mass is 392 g/mol. The molecular formula is C16H23F3N4O2S. The zero-order valence-electron chi connectivity index (χ0n) is 14.6. The molecule has 0 radical (unpaired) electrons. The number of hydrogen-bond donors (Lipinski definition) is 0. The van der Waals surface area contributed by atoms with Crippen molar-refractivity contribution in [1.29, 1.82) is 0 Å². The van der Waals surface area contributed by atoms with E-state index in [0.29, 0.717) is 19.2 Å². The lowest BCUT2D eigenvalue weighted by atomic mass is 10.2. The minimum atomic E-state index is -4.58. The number of pyridine rings is 1. The van der Waals surface area contributed by atoms with Crippen molar-refractivity contribution in [2.75, 3.05) is 45.8 Å². The van der Waals surface area contributed by atoms with Gasteiger partial charge in [-0.2, -0.15) is 17.5 Å². The van der Waals surface area contributed by atoms with Crippen LogP contribution in [0.5, 0.6) is 0 Å². The Balaban J connectivity index is 1.66. The van der Waals surface area contributed by atoms with Gasteiger partial charge in [0.1, 0.15) is 10.6 Å². The standard InChI is InChI=1S/C16H23F3N4O2S/c1-2-21-7-9-22(10-8-21)13-5-6-23(12-13)26(24,25)14-3-4-15(20-11-14)16(17,18)19/h3-4,11,13H,2,5-10,12H2,1H3. The van der Waals surface area contributed by atoms with Crippen LogP contribution in [0.2, 0.25) is 0 Å². The largest absolute Gasteiger partial charge is 0.433 e. The van der Waals surface area contributed by atoms with Gasteiger partial charge in [0, 0.05) is 51.5 Å². The van der Waals surface area contributed by atoms with Gasteiger partial charge < -0.3 is 4.90 Å². The Morgan fingerprint density at radius 2 is 1.85 bits per heavy atom. The summed E-state index contributed by atoms with van der Waals surface area (Å²) in [6.45, 7) is 7.66. The minimum absolute atomic E-state index is 0.159. The molecule has 1 unspecified atom stereocenters. The molecule has 2 aliphatic rings. The first-order valence-electron chi connectivity index (χ1n) is 8.71. The third kappa shape index (κ3) is 4.03. The molecule has 1 aromatic rings. The molecule has 3 heterocycles. The van der Waals surface area contributed by atoms with Crippen LogP contribution in [0.25, 0.3) is 0 Å². The normalized spacial score (nSPS) is 24.2. The van der Waals surface area contributed by atoms with E-state index in [4.69, 9.17) is 0 Å². The molecule has 1 atom stereocenters. The Morgan fingerprint density at radius 3 is 2.38 bits per heavy atom. The molecule has 0 aliphatic carbocycles. The smallest absolute Gasteiger partial charge is 0.301 e. The van der Waals surface area contributed by atoms with Gasteiger partial charge in [-0.05, 0) is 25.1 Å². The Bertz CT molecular complexity index is 716. The Kier molecular flexibility index (Phi) is 5.57. The summed E-state index contributed by atoms with van der Waals surface area (Å²) in [6, 6.07) is 1.86. The molecule has 146 valence electrons. The summed E-state index contributed by atoms with van der Waals surface area (Å²) in [4.78, 5) is 7.74. The predicted octanol–water partition coefficient (Wildman–Crippen LogP) is 1.50. The van der Waals surface area contributed by atoms with Crippen molar-refractivity contribution in [2.45, 2.75) is 30.5 Å². The van der Waals surface area contributed by atoms with Crippen LogP contribution < -0.4 is 0 Å². The molecule has 0 saturated carbocycles. The lowest BCUT2D eigenvalue weighted by molar-refractivity contribution is -0.141. The van der Waals surface area contributed by atoms with Crippen molar-refractivity contribution in [1.82, 2.24) is 19.1 Å². The quantitative estimate of drug-likeness (QED) is 0.777. The molecule has 2 saturated heterocycles. The summed E-state index contributed by atoms with van der Waals surface area (Å²) < 4.78 is 64.5. The number of halogens is 3. The van der Waals surface area contributed by atoms with E-state index in [9.17, 15) is 21.6 Å². The molecule has 6 nitrogen and oxygen atoms in total. The van der Waals surface area contributed by atoms with Crippen molar-refractivity contribution < 1.29 is 21.6 Å². The van der Waals surface area contributed by atoms with Gasteiger partial charge in [0.2, 0.25) is 10.0 Å². The van der Waals surface area contributed by atoms with Crippen molar-refractivity contribution in [3.05, 3.63) is 24.0 Å². The molecular weight excluding hydrogens is 369 g/mol. The van der Waals surface area contributed by atoms with E-state index in [2.05, 4.69) is 21.7 Å². The lowest BCUT2D eigenvalue weighted by Crippen LogP contribution is -2.51. The summed E-state index contributed by atoms with van der Waals surface area (Å²) in [7, 11) is -3.82. The molecule has 0 aromatic carbocycles. The van der Waals surface area contributed by atoms with E-state index in [0.717, 1.165) is 51.4 Å². The van der Waals surface area contributed by atoms with E-state index >= 15 is 0 Å². The van der Waals surface area contributed by atoms with Crippen molar-refractivity contribution in [2.24, 2.45) is 0 Å². The van der Waals surface area contributed by atoms with Crippen molar-refractivity contribution >= 4 is 10.0 Å². The summed E-state index contributed by atoms with van der Waals surface area (Å²) >= 11 is 0. The van der Waals surface area contributed by atoms with Crippen molar-refractivity contribution in [3.8, 4) is 0 Å². The molecule has 2 fully saturated rings. The molecule has 3 rings (SSSR count). The highest BCUT2D eigenvalue weighted by Crippen LogP contribution is 2.29. The first kappa shape index (κ1) is 19.5. The molecule has 0 bridgehead atoms. The minimum Gasteiger partial charge on any atom is -0.301 e. The summed E-state index contributed by atoms with van der Waals surface area (Å²) in [5, 5.41) is 0. The fourth-order valence-corrected chi connectivity index (χ4v) is 4.96. The average molecular weight is 392 g/mol. The van der Waals surface area contributed by atoms with Crippen LogP contribution >= 0.6 is 0 Å². The maximum absolute atomic E-state index is 12.7. The highest BCUT2D eigenvalue weighted by molar-refractivity contribution is 7.89. The van der Waals surface area contributed by atoms with Crippen LogP contribution in [0, 0.1) is 0 Å². The Labute approximate surface area is 151 Å². The van der Waals surface area contributed by atoms with E-state index in [-0.39, 0.29) is 10.9 Å². The second kappa shape index (κ2) is 7.41. The van der Waals surface area contributed by atoms with E-state index < -0.39 is 21.9 Å². The maximum Gasteiger partial charge on any atom is 0.433 e. The number of aromatic nitrogens is 1. The van der Waals surface area contributed by atoms with Gasteiger partial charge >= 0.3 is 6.18 Å². The van der Waals surface area contributed by atoms with Crippen LogP contribution in [-0.2, 0) is 16.2 Å². The number of sulfonamides is 1. The van der Waals surface area contributed by atoms with Gasteiger partial charge in [-0.3, -0.25) is 9.88 Å². The highest BCUT2D eigenvalue weighted by Gasteiger charge is 2.37. The summed E-state index contributed by atoms with van der Waals surface area (Å²) in [6.07, 6.45) is -3.05. The van der Waals surface area contributed by atoms with Gasteiger partial charge in [0.25, 0.3) is 0 Å². The Morgan fingerprint density at radius 1 is 1.15 bits per heavy atom. The highest BCUT2D eigenvalue weighted by atomic mass is 32.2. The second-order valence-electron chi connectivity index (χ2n) is 6.65. The summed E-state index contributed by atoms with van der Waals surface area (Å²) in [5.41, 5.74) is -1.09. The number of nitrogens with zero attached hydrogens (tertiary/aromatic N) is 4. The zero-order valence-corrected chi connectivity index (χ0v) is 15.4. The van der Waals surface area contributed by atoms with Crippen molar-refractivity contribution in [3.63, 3.8) is 0 Å². The summed E-state index contributed by atoms with van der Waals surface area (Å²) in [5.74, 6) is 0. The second-order valence-corrected chi connectivity index (χ2v) is 8.59. The third-order valence-electron chi connectivity index (χ3n) is 5.16. The van der Waals surface area contributed by atoms with E-state index in [1.54, 1.807) is 0 Å². The van der Waals surface area contributed by atoms with Gasteiger partial charge in [-0.1, -0.05) is 6.92 Å². The zero-order chi connectivity index (χ0) is 18.9. The fourth-order valence-electron chi connectivity index (χ4n) is 3.52. The van der Waals surface area contributed by atoms with Crippen LogP contribution in [0.4, 0.5) is 13.2 Å². The Hall–Kier alpha value is -1.23. The van der Waals surface area contributed by atoms with Crippen LogP contribution in [0.3, 0.4) is 0 Å². The number of likely N-dealkylation sites (N-methyl/N-ethyl adjacent to an activating group) is 1. The van der Waals surface area contributed by atoms with E-state index in [1.165, 1.54) is 4.31 Å². The van der Waals surface area contributed by atoms with Gasteiger partial charge in [-0.25, -0.2) is 8.42 Å². The van der Waals surface area contributed by atoms with Crippen LogP contribution in [0.15, 0.2) is 23.2 Å². The first-order valence-corrected chi connectivity index (χ1v) is 10.2. The molecule has 0 N–H and O–H groups in total. The van der Waals surface area contributed by atoms with Gasteiger partial charge in [0.05, 0.1) is 0 Å². The number of piperazine rings is 1. The van der Waals surface area contributed by atoms with Gasteiger partial charge in [0.15, 0.2) is 0 Å². The fraction of sp³-hybridized carbons (Fsp3) is 0.688. The number of alkyl halides is 3. The SMILES string of the molecule is CCN1CCN(C2CCN(S(=O)(=O)c3ccc(C(F)(F)F)nc3)C2)CC1. The third-order valence-corrected chi connectivity index (χ3v) is 7.01. The first-order chi connectivity index (χ1) is 12.2. The number of hydrogen-bond acceptors (Lipinski definition) is 5.